The molecule has 0 spiro atoms. The summed E-state index contributed by atoms with van der Waals surface area (Å²) in [6, 6.07) is 8.71. The van der Waals surface area contributed by atoms with Crippen LogP contribution in [0.5, 0.6) is 5.75 Å². The van der Waals surface area contributed by atoms with Crippen molar-refractivity contribution in [2.45, 2.75) is 6.92 Å². The molecule has 1 aromatic carbocycles. The summed E-state index contributed by atoms with van der Waals surface area (Å²) >= 11 is 0. The van der Waals surface area contributed by atoms with Gasteiger partial charge >= 0.3 is 5.97 Å². The molecule has 3 aromatic rings. The predicted molar refractivity (Wildman–Crippen MR) is 79.6 cm³/mol. The van der Waals surface area contributed by atoms with Gasteiger partial charge in [0.05, 0.1) is 29.8 Å². The molecule has 2 heterocycles. The van der Waals surface area contributed by atoms with Crippen molar-refractivity contribution >= 4 is 16.9 Å². The number of ether oxygens (including phenoxy) is 1. The summed E-state index contributed by atoms with van der Waals surface area (Å²) < 4.78 is 10.0. The number of fused-ring (bicyclic) bond motifs is 1. The number of carbonyl (C=O) groups excluding carboxylic acids is 1. The maximum absolute atomic E-state index is 11.8. The van der Waals surface area contributed by atoms with Gasteiger partial charge in [-0.2, -0.15) is 5.26 Å². The van der Waals surface area contributed by atoms with Crippen LogP contribution >= 0.6 is 0 Å². The Bertz CT molecular complexity index is 940. The fraction of sp³-hybridized carbons (Fsp3) is 0.125. The molecule has 0 aliphatic heterocycles. The molecular weight excluding hydrogens is 298 g/mol. The lowest BCUT2D eigenvalue weighted by Gasteiger charge is -2.04. The van der Waals surface area contributed by atoms with Crippen LogP contribution in [0.3, 0.4) is 0 Å². The highest BCUT2D eigenvalue weighted by Crippen LogP contribution is 2.36. The number of hydrogen-bond donors (Lipinski definition) is 1. The van der Waals surface area contributed by atoms with Gasteiger partial charge in [-0.25, -0.2) is 9.78 Å². The predicted octanol–water partition coefficient (Wildman–Crippen LogP) is 2.64. The quantitative estimate of drug-likeness (QED) is 0.740. The second-order valence-electron chi connectivity index (χ2n) is 4.64. The van der Waals surface area contributed by atoms with Gasteiger partial charge in [0.25, 0.3) is 0 Å². The van der Waals surface area contributed by atoms with E-state index in [0.29, 0.717) is 16.8 Å². The minimum Gasteiger partial charge on any atom is -0.505 e. The van der Waals surface area contributed by atoms with Crippen LogP contribution in [0.2, 0.25) is 0 Å². The Kier molecular flexibility index (Phi) is 3.65. The first-order valence-corrected chi connectivity index (χ1v) is 6.80. The van der Waals surface area contributed by atoms with Crippen LogP contribution in [0.1, 0.15) is 23.0 Å². The van der Waals surface area contributed by atoms with E-state index in [9.17, 15) is 9.90 Å². The van der Waals surface area contributed by atoms with Gasteiger partial charge < -0.3 is 14.4 Å². The Morgan fingerprint density at radius 1 is 1.48 bits per heavy atom. The van der Waals surface area contributed by atoms with E-state index in [1.807, 2.05) is 6.07 Å². The lowest BCUT2D eigenvalue weighted by atomic mass is 10.0. The fourth-order valence-corrected chi connectivity index (χ4v) is 2.20. The molecule has 0 aliphatic carbocycles. The highest BCUT2D eigenvalue weighted by molar-refractivity contribution is 6.02. The van der Waals surface area contributed by atoms with Crippen LogP contribution in [0.25, 0.3) is 22.2 Å². The van der Waals surface area contributed by atoms with Gasteiger partial charge in [-0.05, 0) is 19.1 Å². The number of hydrogen-bond acceptors (Lipinski definition) is 7. The van der Waals surface area contributed by atoms with Crippen molar-refractivity contribution < 1.29 is 19.2 Å². The van der Waals surface area contributed by atoms with Gasteiger partial charge in [0.2, 0.25) is 0 Å². The molecule has 0 unspecified atom stereocenters. The third-order valence-electron chi connectivity index (χ3n) is 3.22. The molecule has 0 atom stereocenters. The first-order valence-electron chi connectivity index (χ1n) is 6.80. The third-order valence-corrected chi connectivity index (χ3v) is 3.22. The van der Waals surface area contributed by atoms with Crippen LogP contribution in [-0.2, 0) is 4.74 Å². The van der Waals surface area contributed by atoms with E-state index in [4.69, 9.17) is 14.5 Å². The molecule has 1 N–H and O–H groups in total. The molecular formula is C16H11N3O4. The molecule has 7 nitrogen and oxygen atoms in total. The van der Waals surface area contributed by atoms with Crippen LogP contribution in [0, 0.1) is 11.3 Å². The van der Waals surface area contributed by atoms with Crippen molar-refractivity contribution in [3.63, 3.8) is 0 Å². The number of pyridine rings is 1. The molecule has 0 amide bonds. The van der Waals surface area contributed by atoms with Gasteiger partial charge in [0, 0.05) is 5.56 Å². The smallest absolute Gasteiger partial charge is 0.360 e. The molecule has 0 fully saturated rings. The average Bonchev–Trinajstić information content (AvgIpc) is 3.00. The van der Waals surface area contributed by atoms with E-state index in [1.165, 1.54) is 6.20 Å². The normalized spacial score (nSPS) is 10.4. The molecule has 0 saturated heterocycles. The van der Waals surface area contributed by atoms with Crippen molar-refractivity contribution in [1.82, 2.24) is 10.1 Å². The van der Waals surface area contributed by atoms with Crippen LogP contribution in [0.4, 0.5) is 0 Å². The number of esters is 1. The maximum Gasteiger partial charge on any atom is 0.360 e. The Morgan fingerprint density at radius 3 is 3.04 bits per heavy atom. The summed E-state index contributed by atoms with van der Waals surface area (Å²) in [5, 5.41) is 23.5. The van der Waals surface area contributed by atoms with E-state index in [1.54, 1.807) is 31.2 Å². The zero-order chi connectivity index (χ0) is 16.4. The number of aromatic nitrogens is 2. The van der Waals surface area contributed by atoms with Crippen molar-refractivity contribution in [2.75, 3.05) is 6.61 Å². The van der Waals surface area contributed by atoms with Crippen LogP contribution in [-0.4, -0.2) is 27.8 Å². The monoisotopic (exact) mass is 309 g/mol. The third kappa shape index (κ3) is 2.46. The summed E-state index contributed by atoms with van der Waals surface area (Å²) in [7, 11) is 0. The first kappa shape index (κ1) is 14.5. The van der Waals surface area contributed by atoms with E-state index in [0.717, 1.165) is 0 Å². The summed E-state index contributed by atoms with van der Waals surface area (Å²) in [4.78, 5) is 15.7. The minimum atomic E-state index is -0.732. The highest BCUT2D eigenvalue weighted by Gasteiger charge is 2.22. The second-order valence-corrected chi connectivity index (χ2v) is 4.64. The SMILES string of the molecule is CCOC(=O)c1ncc2onc(-c3cccc(C#N)c3)c2c1O. The molecule has 0 radical (unpaired) electrons. The molecule has 7 heteroatoms. The summed E-state index contributed by atoms with van der Waals surface area (Å²) in [6.07, 6.45) is 1.30. The van der Waals surface area contributed by atoms with Gasteiger partial charge in [-0.3, -0.25) is 0 Å². The van der Waals surface area contributed by atoms with E-state index in [-0.39, 0.29) is 29.0 Å². The van der Waals surface area contributed by atoms with Gasteiger partial charge in [-0.15, -0.1) is 0 Å². The van der Waals surface area contributed by atoms with E-state index >= 15 is 0 Å². The molecule has 0 bridgehead atoms. The summed E-state index contributed by atoms with van der Waals surface area (Å²) in [5.74, 6) is -1.09. The Hall–Kier alpha value is -3.40. The number of nitrogens with zero attached hydrogens (tertiary/aromatic N) is 3. The van der Waals surface area contributed by atoms with Gasteiger partial charge in [-0.1, -0.05) is 17.3 Å². The van der Waals surface area contributed by atoms with Crippen molar-refractivity contribution in [3.05, 3.63) is 41.7 Å². The summed E-state index contributed by atoms with van der Waals surface area (Å²) in [6.45, 7) is 1.82. The minimum absolute atomic E-state index is 0.165. The largest absolute Gasteiger partial charge is 0.505 e. The number of rotatable bonds is 3. The molecule has 2 aromatic heterocycles. The number of carbonyl (C=O) groups is 1. The number of nitriles is 1. The molecule has 0 aliphatic rings. The maximum atomic E-state index is 11.8. The van der Waals surface area contributed by atoms with Crippen molar-refractivity contribution in [2.24, 2.45) is 0 Å². The Labute approximate surface area is 130 Å². The van der Waals surface area contributed by atoms with E-state index in [2.05, 4.69) is 10.1 Å². The second kappa shape index (κ2) is 5.77. The topological polar surface area (TPSA) is 109 Å². The average molecular weight is 309 g/mol. The van der Waals surface area contributed by atoms with E-state index < -0.39 is 5.97 Å². The zero-order valence-electron chi connectivity index (χ0n) is 12.1. The molecule has 0 saturated carbocycles. The number of aromatic hydroxyl groups is 1. The van der Waals surface area contributed by atoms with Gasteiger partial charge in [0.1, 0.15) is 5.69 Å². The fourth-order valence-electron chi connectivity index (χ4n) is 2.20. The molecule has 3 rings (SSSR count). The lowest BCUT2D eigenvalue weighted by molar-refractivity contribution is 0.0516. The zero-order valence-corrected chi connectivity index (χ0v) is 12.1. The van der Waals surface area contributed by atoms with Gasteiger partial charge in [0.15, 0.2) is 17.0 Å². The van der Waals surface area contributed by atoms with Crippen molar-refractivity contribution in [3.8, 4) is 23.1 Å². The first-order chi connectivity index (χ1) is 11.2. The van der Waals surface area contributed by atoms with Crippen LogP contribution in [0.15, 0.2) is 35.0 Å². The Morgan fingerprint density at radius 2 is 2.30 bits per heavy atom. The van der Waals surface area contributed by atoms with Crippen LogP contribution < -0.4 is 0 Å². The Balaban J connectivity index is 2.21. The lowest BCUT2D eigenvalue weighted by Crippen LogP contribution is -2.07. The van der Waals surface area contributed by atoms with Crippen molar-refractivity contribution in [1.29, 1.82) is 5.26 Å². The molecule has 114 valence electrons. The highest BCUT2D eigenvalue weighted by atomic mass is 16.5. The molecule has 23 heavy (non-hydrogen) atoms. The standard InChI is InChI=1S/C16H11N3O4/c1-2-22-16(21)14-15(20)12-11(8-18-14)23-19-13(12)10-5-3-4-9(6-10)7-17/h3-6,8,20H,2H2,1H3. The number of benzene rings is 1. The summed E-state index contributed by atoms with van der Waals surface area (Å²) in [5.41, 5.74) is 1.37.